The molecule has 0 saturated heterocycles. The van der Waals surface area contributed by atoms with Crippen molar-refractivity contribution in [3.8, 4) is 11.4 Å². The van der Waals surface area contributed by atoms with Gasteiger partial charge in [0.25, 0.3) is 0 Å². The number of benzene rings is 1. The van der Waals surface area contributed by atoms with E-state index in [1.807, 2.05) is 25.1 Å². The van der Waals surface area contributed by atoms with Gasteiger partial charge in [0, 0.05) is 14.5 Å². The van der Waals surface area contributed by atoms with Crippen LogP contribution in [0.4, 0.5) is 0 Å². The lowest BCUT2D eigenvalue weighted by molar-refractivity contribution is -0.138. The summed E-state index contributed by atoms with van der Waals surface area (Å²) in [5.41, 5.74) is 0.821. The van der Waals surface area contributed by atoms with E-state index < -0.39 is 5.97 Å². The van der Waals surface area contributed by atoms with Gasteiger partial charge in [-0.05, 0) is 51.0 Å². The molecular formula is C12H12Br2N4O2. The second-order valence-electron chi connectivity index (χ2n) is 4.23. The molecular weight excluding hydrogens is 392 g/mol. The average Bonchev–Trinajstić information content (AvgIpc) is 2.84. The van der Waals surface area contributed by atoms with Crippen molar-refractivity contribution >= 4 is 37.8 Å². The predicted molar refractivity (Wildman–Crippen MR) is 80.2 cm³/mol. The SMILES string of the molecule is CCC(CC(=O)O)n1nnnc1-c1ccc(Br)cc1Br. The molecule has 0 fully saturated rings. The van der Waals surface area contributed by atoms with Gasteiger partial charge in [-0.25, -0.2) is 4.68 Å². The Morgan fingerprint density at radius 3 is 2.80 bits per heavy atom. The third-order valence-electron chi connectivity index (χ3n) is 2.89. The Hall–Kier alpha value is -1.28. The van der Waals surface area contributed by atoms with Crippen LogP contribution in [0.25, 0.3) is 11.4 Å². The normalized spacial score (nSPS) is 12.3. The highest BCUT2D eigenvalue weighted by Gasteiger charge is 2.21. The summed E-state index contributed by atoms with van der Waals surface area (Å²) in [6.07, 6.45) is 0.626. The van der Waals surface area contributed by atoms with Crippen molar-refractivity contribution in [1.29, 1.82) is 0 Å². The van der Waals surface area contributed by atoms with Crippen LogP contribution in [0.1, 0.15) is 25.8 Å². The lowest BCUT2D eigenvalue weighted by Gasteiger charge is -2.14. The van der Waals surface area contributed by atoms with Crippen LogP contribution in [-0.2, 0) is 4.79 Å². The Balaban J connectivity index is 2.43. The van der Waals surface area contributed by atoms with Crippen LogP contribution in [0.3, 0.4) is 0 Å². The molecule has 0 aliphatic heterocycles. The van der Waals surface area contributed by atoms with E-state index >= 15 is 0 Å². The minimum atomic E-state index is -0.867. The van der Waals surface area contributed by atoms with Crippen molar-refractivity contribution in [2.45, 2.75) is 25.8 Å². The third-order valence-corrected chi connectivity index (χ3v) is 4.04. The van der Waals surface area contributed by atoms with Crippen LogP contribution in [-0.4, -0.2) is 31.3 Å². The second-order valence-corrected chi connectivity index (χ2v) is 6.00. The molecule has 0 saturated carbocycles. The lowest BCUT2D eigenvalue weighted by Crippen LogP contribution is -2.15. The van der Waals surface area contributed by atoms with Crippen molar-refractivity contribution < 1.29 is 9.90 Å². The largest absolute Gasteiger partial charge is 0.481 e. The fraction of sp³-hybridized carbons (Fsp3) is 0.333. The van der Waals surface area contributed by atoms with Crippen LogP contribution in [0, 0.1) is 0 Å². The highest BCUT2D eigenvalue weighted by atomic mass is 79.9. The molecule has 0 spiro atoms. The maximum Gasteiger partial charge on any atom is 0.305 e. The Labute approximate surface area is 132 Å². The van der Waals surface area contributed by atoms with Crippen LogP contribution < -0.4 is 0 Å². The van der Waals surface area contributed by atoms with Crippen LogP contribution in [0.2, 0.25) is 0 Å². The molecule has 1 aromatic heterocycles. The molecule has 1 heterocycles. The number of carboxylic acids is 1. The monoisotopic (exact) mass is 402 g/mol. The fourth-order valence-corrected chi connectivity index (χ4v) is 3.12. The van der Waals surface area contributed by atoms with Crippen molar-refractivity contribution in [3.63, 3.8) is 0 Å². The maximum atomic E-state index is 10.9. The number of hydrogen-bond acceptors (Lipinski definition) is 4. The van der Waals surface area contributed by atoms with E-state index in [0.717, 1.165) is 14.5 Å². The van der Waals surface area contributed by atoms with E-state index in [9.17, 15) is 4.79 Å². The summed E-state index contributed by atoms with van der Waals surface area (Å²) < 4.78 is 3.35. The summed E-state index contributed by atoms with van der Waals surface area (Å²) in [4.78, 5) is 10.9. The van der Waals surface area contributed by atoms with E-state index in [1.165, 1.54) is 0 Å². The molecule has 2 rings (SSSR count). The number of hydrogen-bond donors (Lipinski definition) is 1. The van der Waals surface area contributed by atoms with Gasteiger partial charge in [-0.1, -0.05) is 22.9 Å². The van der Waals surface area contributed by atoms with Crippen molar-refractivity contribution in [3.05, 3.63) is 27.1 Å². The van der Waals surface area contributed by atoms with Crippen molar-refractivity contribution in [1.82, 2.24) is 20.2 Å². The van der Waals surface area contributed by atoms with Crippen molar-refractivity contribution in [2.75, 3.05) is 0 Å². The molecule has 2 aromatic rings. The number of halogens is 2. The molecule has 0 amide bonds. The molecule has 0 bridgehead atoms. The Morgan fingerprint density at radius 1 is 1.45 bits per heavy atom. The number of tetrazole rings is 1. The topological polar surface area (TPSA) is 80.9 Å². The highest BCUT2D eigenvalue weighted by molar-refractivity contribution is 9.11. The van der Waals surface area contributed by atoms with Gasteiger partial charge in [0.2, 0.25) is 0 Å². The van der Waals surface area contributed by atoms with Crippen LogP contribution in [0.15, 0.2) is 27.1 Å². The minimum absolute atomic E-state index is 0.0112. The van der Waals surface area contributed by atoms with Gasteiger partial charge in [-0.15, -0.1) is 5.10 Å². The smallest absolute Gasteiger partial charge is 0.305 e. The number of aromatic nitrogens is 4. The van der Waals surface area contributed by atoms with Gasteiger partial charge in [-0.2, -0.15) is 0 Å². The molecule has 20 heavy (non-hydrogen) atoms. The van der Waals surface area contributed by atoms with Gasteiger partial charge in [0.15, 0.2) is 5.82 Å². The Bertz CT molecular complexity index is 630. The Kier molecular flexibility index (Phi) is 4.87. The van der Waals surface area contributed by atoms with Gasteiger partial charge >= 0.3 is 5.97 Å². The summed E-state index contributed by atoms with van der Waals surface area (Å²) in [5, 5.41) is 20.6. The standard InChI is InChI=1S/C12H12Br2N4O2/c1-2-8(6-11(19)20)18-12(15-16-17-18)9-4-3-7(13)5-10(9)14/h3-5,8H,2,6H2,1H3,(H,19,20). The summed E-state index contributed by atoms with van der Waals surface area (Å²) in [6.45, 7) is 1.91. The summed E-state index contributed by atoms with van der Waals surface area (Å²) in [7, 11) is 0. The zero-order valence-electron chi connectivity index (χ0n) is 10.6. The van der Waals surface area contributed by atoms with E-state index in [1.54, 1.807) is 4.68 Å². The zero-order valence-corrected chi connectivity index (χ0v) is 13.8. The zero-order chi connectivity index (χ0) is 14.7. The average molecular weight is 404 g/mol. The maximum absolute atomic E-state index is 10.9. The summed E-state index contributed by atoms with van der Waals surface area (Å²) in [5.74, 6) is -0.314. The lowest BCUT2D eigenvalue weighted by atomic mass is 10.1. The minimum Gasteiger partial charge on any atom is -0.481 e. The molecule has 0 radical (unpaired) electrons. The quantitative estimate of drug-likeness (QED) is 0.828. The molecule has 1 aromatic carbocycles. The van der Waals surface area contributed by atoms with Crippen LogP contribution in [0.5, 0.6) is 0 Å². The first kappa shape index (κ1) is 15.1. The molecule has 1 atom stereocenters. The first-order valence-corrected chi connectivity index (χ1v) is 7.56. The molecule has 106 valence electrons. The van der Waals surface area contributed by atoms with E-state index in [2.05, 4.69) is 47.4 Å². The van der Waals surface area contributed by atoms with E-state index in [-0.39, 0.29) is 12.5 Å². The first-order valence-electron chi connectivity index (χ1n) is 5.98. The predicted octanol–water partition coefficient (Wildman–Crippen LogP) is 3.29. The van der Waals surface area contributed by atoms with Gasteiger partial charge in [-0.3, -0.25) is 4.79 Å². The number of nitrogens with zero attached hydrogens (tertiary/aromatic N) is 4. The molecule has 6 nitrogen and oxygen atoms in total. The summed E-state index contributed by atoms with van der Waals surface area (Å²) >= 11 is 6.86. The number of aliphatic carboxylic acids is 1. The second kappa shape index (κ2) is 6.45. The molecule has 8 heteroatoms. The van der Waals surface area contributed by atoms with E-state index in [4.69, 9.17) is 5.11 Å². The molecule has 1 N–H and O–H groups in total. The summed E-state index contributed by atoms with van der Waals surface area (Å²) in [6, 6.07) is 5.39. The first-order chi connectivity index (χ1) is 9.52. The van der Waals surface area contributed by atoms with Crippen molar-refractivity contribution in [2.24, 2.45) is 0 Å². The molecule has 0 aliphatic rings. The van der Waals surface area contributed by atoms with Gasteiger partial charge < -0.3 is 5.11 Å². The number of carbonyl (C=O) groups is 1. The van der Waals surface area contributed by atoms with Gasteiger partial charge in [0.05, 0.1) is 12.5 Å². The highest BCUT2D eigenvalue weighted by Crippen LogP contribution is 2.31. The third kappa shape index (κ3) is 3.24. The molecule has 1 unspecified atom stereocenters. The Morgan fingerprint density at radius 2 is 2.20 bits per heavy atom. The van der Waals surface area contributed by atoms with Gasteiger partial charge in [0.1, 0.15) is 0 Å². The van der Waals surface area contributed by atoms with E-state index in [0.29, 0.717) is 12.2 Å². The fourth-order valence-electron chi connectivity index (χ4n) is 1.89. The van der Waals surface area contributed by atoms with Crippen LogP contribution >= 0.6 is 31.9 Å². The number of rotatable bonds is 5. The number of carboxylic acid groups (broad SMARTS) is 1. The molecule has 0 aliphatic carbocycles.